The van der Waals surface area contributed by atoms with Crippen molar-refractivity contribution in [2.24, 2.45) is 5.14 Å². The smallest absolute Gasteiger partial charge is 0.338 e. The summed E-state index contributed by atoms with van der Waals surface area (Å²) in [6.45, 7) is 2.69. The van der Waals surface area contributed by atoms with Crippen LogP contribution >= 0.6 is 11.6 Å². The van der Waals surface area contributed by atoms with Gasteiger partial charge in [0.2, 0.25) is 10.0 Å². The summed E-state index contributed by atoms with van der Waals surface area (Å²) < 4.78 is 27.3. The maximum atomic E-state index is 11.7. The zero-order valence-electron chi connectivity index (χ0n) is 10.2. The summed E-state index contributed by atoms with van der Waals surface area (Å²) in [7, 11) is -4.04. The molecule has 0 spiro atoms. The molecule has 0 saturated heterocycles. The number of nitrogens with two attached hydrogens (primary N) is 1. The van der Waals surface area contributed by atoms with Crippen LogP contribution in [-0.4, -0.2) is 26.3 Å². The van der Waals surface area contributed by atoms with Gasteiger partial charge in [-0.05, 0) is 32.0 Å². The highest BCUT2D eigenvalue weighted by atomic mass is 35.5. The first-order valence-corrected chi connectivity index (χ1v) is 7.09. The first-order chi connectivity index (χ1) is 8.62. The minimum Gasteiger partial charge on any atom is -0.451 e. The van der Waals surface area contributed by atoms with Crippen molar-refractivity contribution in [2.75, 3.05) is 0 Å². The number of sulfonamides is 1. The SMILES string of the molecule is CC(=O)C(C)OC(=O)c1ccc(Cl)c(S(N)(=O)=O)c1. The van der Waals surface area contributed by atoms with Crippen LogP contribution in [0, 0.1) is 0 Å². The van der Waals surface area contributed by atoms with E-state index in [0.717, 1.165) is 6.07 Å². The first-order valence-electron chi connectivity index (χ1n) is 5.16. The van der Waals surface area contributed by atoms with Gasteiger partial charge in [-0.1, -0.05) is 11.6 Å². The molecule has 0 aliphatic rings. The molecule has 0 saturated carbocycles. The van der Waals surface area contributed by atoms with E-state index in [4.69, 9.17) is 21.5 Å². The molecule has 1 rings (SSSR count). The monoisotopic (exact) mass is 305 g/mol. The molecule has 0 aliphatic heterocycles. The number of rotatable bonds is 4. The molecule has 1 unspecified atom stereocenters. The van der Waals surface area contributed by atoms with Gasteiger partial charge in [-0.25, -0.2) is 18.4 Å². The third kappa shape index (κ3) is 4.02. The van der Waals surface area contributed by atoms with E-state index in [1.165, 1.54) is 26.0 Å². The van der Waals surface area contributed by atoms with Gasteiger partial charge in [-0.15, -0.1) is 0 Å². The molecular weight excluding hydrogens is 294 g/mol. The number of halogens is 1. The van der Waals surface area contributed by atoms with Crippen LogP contribution in [0.2, 0.25) is 5.02 Å². The molecule has 0 heterocycles. The maximum absolute atomic E-state index is 11.7. The van der Waals surface area contributed by atoms with Gasteiger partial charge in [-0.3, -0.25) is 4.79 Å². The van der Waals surface area contributed by atoms with Crippen LogP contribution < -0.4 is 5.14 Å². The van der Waals surface area contributed by atoms with Gasteiger partial charge in [0.05, 0.1) is 10.6 Å². The number of primary sulfonamides is 1. The highest BCUT2D eigenvalue weighted by Crippen LogP contribution is 2.22. The Morgan fingerprint density at radius 3 is 2.42 bits per heavy atom. The number of esters is 1. The summed E-state index contributed by atoms with van der Waals surface area (Å²) in [6.07, 6.45) is -0.916. The van der Waals surface area contributed by atoms with E-state index >= 15 is 0 Å². The Labute approximate surface area is 115 Å². The van der Waals surface area contributed by atoms with E-state index in [0.29, 0.717) is 0 Å². The Hall–Kier alpha value is -1.44. The van der Waals surface area contributed by atoms with Gasteiger partial charge in [0.1, 0.15) is 4.90 Å². The van der Waals surface area contributed by atoms with Gasteiger partial charge >= 0.3 is 5.97 Å². The van der Waals surface area contributed by atoms with E-state index in [-0.39, 0.29) is 21.3 Å². The van der Waals surface area contributed by atoms with Gasteiger partial charge in [0.15, 0.2) is 11.9 Å². The lowest BCUT2D eigenvalue weighted by molar-refractivity contribution is -0.124. The van der Waals surface area contributed by atoms with Crippen molar-refractivity contribution < 1.29 is 22.7 Å². The molecular formula is C11H12ClNO5S. The van der Waals surface area contributed by atoms with E-state index in [1.54, 1.807) is 0 Å². The standard InChI is InChI=1S/C11H12ClNO5S/c1-6(14)7(2)18-11(15)8-3-4-9(12)10(5-8)19(13,16)17/h3-5,7H,1-2H3,(H2,13,16,17). The predicted octanol–water partition coefficient (Wildman–Crippen LogP) is 1.12. The van der Waals surface area contributed by atoms with Crippen LogP contribution in [-0.2, 0) is 19.6 Å². The molecule has 8 heteroatoms. The lowest BCUT2D eigenvalue weighted by Crippen LogP contribution is -2.22. The third-order valence-corrected chi connectivity index (χ3v) is 3.72. The summed E-state index contributed by atoms with van der Waals surface area (Å²) >= 11 is 5.68. The van der Waals surface area contributed by atoms with Crippen molar-refractivity contribution >= 4 is 33.4 Å². The van der Waals surface area contributed by atoms with Crippen LogP contribution in [0.4, 0.5) is 0 Å². The van der Waals surface area contributed by atoms with Crippen molar-refractivity contribution in [2.45, 2.75) is 24.8 Å². The highest BCUT2D eigenvalue weighted by Gasteiger charge is 2.19. The zero-order valence-corrected chi connectivity index (χ0v) is 11.8. The minimum atomic E-state index is -4.04. The van der Waals surface area contributed by atoms with Gasteiger partial charge in [-0.2, -0.15) is 0 Å². The Morgan fingerprint density at radius 1 is 1.37 bits per heavy atom. The van der Waals surface area contributed by atoms with Crippen molar-refractivity contribution in [1.29, 1.82) is 0 Å². The molecule has 0 bridgehead atoms. The molecule has 1 aromatic carbocycles. The number of hydrogen-bond acceptors (Lipinski definition) is 5. The summed E-state index contributed by atoms with van der Waals surface area (Å²) in [5.41, 5.74) is -0.0541. The predicted molar refractivity (Wildman–Crippen MR) is 68.4 cm³/mol. The van der Waals surface area contributed by atoms with E-state index in [2.05, 4.69) is 0 Å². The van der Waals surface area contributed by atoms with E-state index in [1.807, 2.05) is 0 Å². The molecule has 0 amide bonds. The van der Waals surface area contributed by atoms with Gasteiger partial charge in [0.25, 0.3) is 0 Å². The lowest BCUT2D eigenvalue weighted by Gasteiger charge is -2.10. The van der Waals surface area contributed by atoms with Crippen molar-refractivity contribution in [3.8, 4) is 0 Å². The molecule has 0 aromatic heterocycles. The average Bonchev–Trinajstić information content (AvgIpc) is 2.27. The topological polar surface area (TPSA) is 104 Å². The quantitative estimate of drug-likeness (QED) is 0.840. The molecule has 0 aliphatic carbocycles. The summed E-state index contributed by atoms with van der Waals surface area (Å²) in [5, 5.41) is 4.86. The van der Waals surface area contributed by atoms with Crippen LogP contribution in [0.5, 0.6) is 0 Å². The molecule has 104 valence electrons. The van der Waals surface area contributed by atoms with Gasteiger partial charge < -0.3 is 4.74 Å². The second-order valence-corrected chi connectivity index (χ2v) is 5.79. The second kappa shape index (κ2) is 5.68. The van der Waals surface area contributed by atoms with Crippen LogP contribution in [0.1, 0.15) is 24.2 Å². The first kappa shape index (κ1) is 15.6. The van der Waals surface area contributed by atoms with Crippen LogP contribution in [0.15, 0.2) is 23.1 Å². The Morgan fingerprint density at radius 2 is 1.95 bits per heavy atom. The summed E-state index contributed by atoms with van der Waals surface area (Å²) in [6, 6.07) is 3.51. The number of Topliss-reactive ketones (excluding diaryl/α,β-unsaturated/α-hetero) is 1. The fourth-order valence-electron chi connectivity index (χ4n) is 1.16. The fourth-order valence-corrected chi connectivity index (χ4v) is 2.23. The number of benzene rings is 1. The molecule has 6 nitrogen and oxygen atoms in total. The third-order valence-electron chi connectivity index (χ3n) is 2.33. The number of ether oxygens (including phenoxy) is 1. The van der Waals surface area contributed by atoms with Crippen molar-refractivity contribution in [3.63, 3.8) is 0 Å². The fraction of sp³-hybridized carbons (Fsp3) is 0.273. The summed E-state index contributed by atoms with van der Waals surface area (Å²) in [4.78, 5) is 22.3. The maximum Gasteiger partial charge on any atom is 0.338 e. The van der Waals surface area contributed by atoms with Crippen LogP contribution in [0.25, 0.3) is 0 Å². The lowest BCUT2D eigenvalue weighted by atomic mass is 10.2. The zero-order chi connectivity index (χ0) is 14.8. The number of ketones is 1. The number of carbonyl (C=O) groups excluding carboxylic acids is 2. The molecule has 0 fully saturated rings. The average molecular weight is 306 g/mol. The normalized spacial score (nSPS) is 12.8. The highest BCUT2D eigenvalue weighted by molar-refractivity contribution is 7.89. The number of hydrogen-bond donors (Lipinski definition) is 1. The molecule has 1 aromatic rings. The Bertz CT molecular complexity index is 626. The van der Waals surface area contributed by atoms with Crippen molar-refractivity contribution in [3.05, 3.63) is 28.8 Å². The Balaban J connectivity index is 3.10. The number of carbonyl (C=O) groups is 2. The second-order valence-electron chi connectivity index (χ2n) is 3.85. The van der Waals surface area contributed by atoms with Gasteiger partial charge in [0, 0.05) is 0 Å². The summed E-state index contributed by atoms with van der Waals surface area (Å²) in [5.74, 6) is -1.15. The largest absolute Gasteiger partial charge is 0.451 e. The van der Waals surface area contributed by atoms with E-state index < -0.39 is 22.1 Å². The molecule has 0 radical (unpaired) electrons. The molecule has 19 heavy (non-hydrogen) atoms. The molecule has 1 atom stereocenters. The minimum absolute atomic E-state index is 0.0541. The van der Waals surface area contributed by atoms with Crippen LogP contribution in [0.3, 0.4) is 0 Å². The van der Waals surface area contributed by atoms with E-state index in [9.17, 15) is 18.0 Å². The Kier molecular flexibility index (Phi) is 4.67. The molecule has 2 N–H and O–H groups in total. The van der Waals surface area contributed by atoms with Crippen molar-refractivity contribution in [1.82, 2.24) is 0 Å².